The summed E-state index contributed by atoms with van der Waals surface area (Å²) < 4.78 is 7.31. The first-order chi connectivity index (χ1) is 31.5. The molecule has 0 heterocycles. The number of aliphatic hydroxyl groups excluding tert-OH is 1. The van der Waals surface area contributed by atoms with Gasteiger partial charge in [-0.15, -0.1) is 0 Å². The first kappa shape index (κ1) is 42.0. The second-order valence-corrected chi connectivity index (χ2v) is 20.1. The molecule has 0 radical (unpaired) electrons. The van der Waals surface area contributed by atoms with E-state index in [0.717, 1.165) is 83.5 Å². The van der Waals surface area contributed by atoms with Gasteiger partial charge in [0, 0.05) is 18.1 Å². The Labute approximate surface area is 378 Å². The maximum absolute atomic E-state index is 14.6. The molecular weight excluding hydrogens is 797 g/mol. The van der Waals surface area contributed by atoms with Gasteiger partial charge >= 0.3 is 5.97 Å². The summed E-state index contributed by atoms with van der Waals surface area (Å²) >= 11 is 0. The number of rotatable bonds is 14. The molecule has 9 rings (SSSR count). The molecule has 3 nitrogen and oxygen atoms in total. The first-order valence-corrected chi connectivity index (χ1v) is 24.6. The lowest BCUT2D eigenvalue weighted by atomic mass is 9.92. The lowest BCUT2D eigenvalue weighted by Gasteiger charge is -2.36. The van der Waals surface area contributed by atoms with Gasteiger partial charge in [-0.3, -0.25) is 4.79 Å². The molecular formula is C60H50O3Si. The third-order valence-corrected chi connectivity index (χ3v) is 15.8. The van der Waals surface area contributed by atoms with Crippen molar-refractivity contribution in [2.75, 3.05) is 0 Å². The number of carbonyl (C=O) groups excluding carboxylic acids is 1. The van der Waals surface area contributed by atoms with E-state index < -0.39 is 20.4 Å². The molecule has 0 saturated carbocycles. The fourth-order valence-corrected chi connectivity index (χ4v) is 13.5. The Morgan fingerprint density at radius 3 is 0.750 bits per heavy atom. The van der Waals surface area contributed by atoms with Crippen molar-refractivity contribution in [3.8, 4) is 66.8 Å². The minimum absolute atomic E-state index is 0.468. The number of hydrogen-bond donors (Lipinski definition) is 1. The minimum atomic E-state index is -3.64. The van der Waals surface area contributed by atoms with Crippen LogP contribution in [0.25, 0.3) is 66.8 Å². The smallest absolute Gasteiger partial charge is 0.321 e. The van der Waals surface area contributed by atoms with Crippen molar-refractivity contribution in [2.24, 2.45) is 0 Å². The highest BCUT2D eigenvalue weighted by Gasteiger charge is 2.44. The van der Waals surface area contributed by atoms with Crippen LogP contribution < -0.4 is 0 Å². The monoisotopic (exact) mass is 846 g/mol. The van der Waals surface area contributed by atoms with Crippen LogP contribution in [-0.2, 0) is 27.4 Å². The third kappa shape index (κ3) is 9.21. The highest BCUT2D eigenvalue weighted by Crippen LogP contribution is 2.43. The zero-order valence-electron chi connectivity index (χ0n) is 36.0. The van der Waals surface area contributed by atoms with Gasteiger partial charge in [0.25, 0.3) is 8.32 Å². The maximum atomic E-state index is 14.6. The van der Waals surface area contributed by atoms with E-state index in [4.69, 9.17) is 4.43 Å². The summed E-state index contributed by atoms with van der Waals surface area (Å²) in [7, 11) is -3.64. The Morgan fingerprint density at radius 2 is 0.562 bits per heavy atom. The Morgan fingerprint density at radius 1 is 0.359 bits per heavy atom. The number of aliphatic hydroxyl groups is 1. The van der Waals surface area contributed by atoms with Crippen LogP contribution >= 0.6 is 0 Å². The zero-order chi connectivity index (χ0) is 43.7. The summed E-state index contributed by atoms with van der Waals surface area (Å²) in [4.78, 5) is 14.6. The van der Waals surface area contributed by atoms with Gasteiger partial charge in [-0.25, -0.2) is 0 Å². The van der Waals surface area contributed by atoms with Crippen LogP contribution in [0.4, 0.5) is 0 Å². The van der Waals surface area contributed by atoms with E-state index in [9.17, 15) is 9.90 Å². The molecule has 312 valence electrons. The summed E-state index contributed by atoms with van der Waals surface area (Å²) in [5.41, 5.74) is 16.4. The molecule has 9 aromatic rings. The predicted octanol–water partition coefficient (Wildman–Crippen LogP) is 14.2. The van der Waals surface area contributed by atoms with E-state index in [-0.39, 0.29) is 0 Å². The zero-order valence-corrected chi connectivity index (χ0v) is 37.0. The number of benzene rings is 9. The van der Waals surface area contributed by atoms with Crippen molar-refractivity contribution in [1.29, 1.82) is 0 Å². The average molecular weight is 847 g/mol. The van der Waals surface area contributed by atoms with Crippen molar-refractivity contribution < 1.29 is 14.3 Å². The number of carbonyl (C=O) groups is 1. The van der Waals surface area contributed by atoms with Crippen molar-refractivity contribution in [2.45, 2.75) is 31.2 Å². The first-order valence-electron chi connectivity index (χ1n) is 22.1. The maximum Gasteiger partial charge on any atom is 0.321 e. The second-order valence-electron chi connectivity index (χ2n) is 16.5. The highest BCUT2D eigenvalue weighted by molar-refractivity contribution is 6.74. The summed E-state index contributed by atoms with van der Waals surface area (Å²) in [5.74, 6) is -0.609. The summed E-state index contributed by atoms with van der Waals surface area (Å²) in [6.45, 7) is 1.52. The van der Waals surface area contributed by atoms with Crippen molar-refractivity contribution in [3.05, 3.63) is 253 Å². The molecule has 1 N–H and O–H groups in total. The molecule has 0 spiro atoms. The molecule has 0 amide bonds. The summed E-state index contributed by atoms with van der Waals surface area (Å²) in [5, 5.41) is 11.2. The van der Waals surface area contributed by atoms with Gasteiger partial charge < -0.3 is 9.53 Å². The van der Waals surface area contributed by atoms with Gasteiger partial charge in [0.05, 0.1) is 0 Å². The predicted molar refractivity (Wildman–Crippen MR) is 267 cm³/mol. The Hall–Kier alpha value is -7.37. The van der Waals surface area contributed by atoms with Crippen molar-refractivity contribution in [1.82, 2.24) is 0 Å². The minimum Gasteiger partial charge on any atom is -0.516 e. The van der Waals surface area contributed by atoms with E-state index in [1.54, 1.807) is 0 Å². The van der Waals surface area contributed by atoms with E-state index in [1.165, 1.54) is 6.92 Å². The SMILES string of the molecule is CC(O)C(=O)O[Si](Cc1c(-c2ccccc2)cccc1-c1ccccc1)(Cc1c(-c2ccccc2)cccc1-c1ccccc1)Cc1c(-c2ccccc2)cccc1-c1ccccc1. The molecule has 0 aliphatic rings. The highest BCUT2D eigenvalue weighted by atomic mass is 28.4. The molecule has 1 atom stereocenters. The molecule has 4 heteroatoms. The van der Waals surface area contributed by atoms with Crippen LogP contribution in [0.1, 0.15) is 23.6 Å². The van der Waals surface area contributed by atoms with Crippen LogP contribution in [0.3, 0.4) is 0 Å². The molecule has 0 saturated heterocycles. The van der Waals surface area contributed by atoms with Crippen LogP contribution in [0.5, 0.6) is 0 Å². The molecule has 0 aromatic heterocycles. The summed E-state index contributed by atoms with van der Waals surface area (Å²) in [6.07, 6.45) is -1.33. The van der Waals surface area contributed by atoms with Crippen molar-refractivity contribution in [3.63, 3.8) is 0 Å². The van der Waals surface area contributed by atoms with E-state index in [2.05, 4.69) is 200 Å². The number of hydrogen-bond acceptors (Lipinski definition) is 3. The Kier molecular flexibility index (Phi) is 12.7. The normalized spacial score (nSPS) is 11.8. The summed E-state index contributed by atoms with van der Waals surface area (Å²) in [6, 6.07) is 84.2. The van der Waals surface area contributed by atoms with E-state index in [1.807, 2.05) is 36.4 Å². The molecule has 1 unspecified atom stereocenters. The molecule has 64 heavy (non-hydrogen) atoms. The fourth-order valence-electron chi connectivity index (χ4n) is 9.22. The largest absolute Gasteiger partial charge is 0.516 e. The van der Waals surface area contributed by atoms with E-state index in [0.29, 0.717) is 18.1 Å². The van der Waals surface area contributed by atoms with Crippen LogP contribution in [0, 0.1) is 0 Å². The average Bonchev–Trinajstić information content (AvgIpc) is 3.35. The van der Waals surface area contributed by atoms with Gasteiger partial charge in [-0.1, -0.05) is 237 Å². The van der Waals surface area contributed by atoms with Gasteiger partial charge in [-0.2, -0.15) is 0 Å². The van der Waals surface area contributed by atoms with E-state index >= 15 is 0 Å². The lowest BCUT2D eigenvalue weighted by Crippen LogP contribution is -2.51. The topological polar surface area (TPSA) is 46.5 Å². The van der Waals surface area contributed by atoms with Crippen LogP contribution in [0.15, 0.2) is 237 Å². The fraction of sp³-hybridized carbons (Fsp3) is 0.0833. The lowest BCUT2D eigenvalue weighted by molar-refractivity contribution is -0.143. The van der Waals surface area contributed by atoms with Crippen LogP contribution in [0.2, 0.25) is 0 Å². The Balaban J connectivity index is 1.38. The van der Waals surface area contributed by atoms with Gasteiger partial charge in [0.2, 0.25) is 0 Å². The second kappa shape index (κ2) is 19.3. The van der Waals surface area contributed by atoms with Gasteiger partial charge in [0.15, 0.2) is 0 Å². The third-order valence-electron chi connectivity index (χ3n) is 12.2. The molecule has 0 fully saturated rings. The van der Waals surface area contributed by atoms with Crippen LogP contribution in [-0.4, -0.2) is 25.5 Å². The molecule has 0 bridgehead atoms. The molecule has 0 aliphatic heterocycles. The quantitative estimate of drug-likeness (QED) is 0.111. The molecule has 9 aromatic carbocycles. The molecule has 0 aliphatic carbocycles. The standard InChI is InChI=1S/C60H50O3Si/c1-44(61)60(62)63-64(41-57-51(45-23-8-2-9-24-45)35-20-36-52(57)46-25-10-3-11-26-46,42-58-53(47-27-12-4-13-28-47)37-21-38-54(58)48-29-14-5-15-30-48)43-59-55(49-31-16-6-17-32-49)39-22-40-56(59)50-33-18-7-19-34-50/h2-40,44,61H,41-43H2,1H3. The van der Waals surface area contributed by atoms with Gasteiger partial charge in [-0.05, 0) is 90.4 Å². The Bertz CT molecular complexity index is 2470. The van der Waals surface area contributed by atoms with Crippen molar-refractivity contribution >= 4 is 14.3 Å². The van der Waals surface area contributed by atoms with Gasteiger partial charge in [0.1, 0.15) is 6.10 Å².